The lowest BCUT2D eigenvalue weighted by molar-refractivity contribution is 0.102. The first kappa shape index (κ1) is 15.9. The summed E-state index contributed by atoms with van der Waals surface area (Å²) in [7, 11) is 3.41. The summed E-state index contributed by atoms with van der Waals surface area (Å²) in [5, 5.41) is 2.75. The molecule has 1 aromatic carbocycles. The third kappa shape index (κ3) is 2.91. The van der Waals surface area contributed by atoms with E-state index in [1.165, 1.54) is 6.20 Å². The number of carbonyl (C=O) groups is 1. The monoisotopic (exact) mass is 341 g/mol. The summed E-state index contributed by atoms with van der Waals surface area (Å²) in [4.78, 5) is 21.1. The zero-order valence-electron chi connectivity index (χ0n) is 13.1. The number of benzene rings is 1. The number of rotatable bonds is 4. The SMILES string of the molecule is COc1ccc2c(c1)nc(NC(=O)c1cc(C(N)=S)ccn1)n2C. The molecular weight excluding hydrogens is 326 g/mol. The second-order valence-corrected chi connectivity index (χ2v) is 5.54. The number of nitrogens with two attached hydrogens (primary N) is 1. The minimum absolute atomic E-state index is 0.210. The van der Waals surface area contributed by atoms with E-state index in [1.54, 1.807) is 29.9 Å². The molecule has 122 valence electrons. The quantitative estimate of drug-likeness (QED) is 0.704. The predicted octanol–water partition coefficient (Wildman–Crippen LogP) is 1.86. The van der Waals surface area contributed by atoms with Gasteiger partial charge in [0.2, 0.25) is 5.95 Å². The molecule has 2 heterocycles. The molecular formula is C16H15N5O2S. The molecule has 8 heteroatoms. The van der Waals surface area contributed by atoms with Crippen molar-refractivity contribution in [1.82, 2.24) is 14.5 Å². The Bertz CT molecular complexity index is 951. The maximum absolute atomic E-state index is 12.4. The third-order valence-corrected chi connectivity index (χ3v) is 3.83. The van der Waals surface area contributed by atoms with Crippen LogP contribution in [0.1, 0.15) is 16.1 Å². The lowest BCUT2D eigenvalue weighted by atomic mass is 10.2. The van der Waals surface area contributed by atoms with Gasteiger partial charge in [0.05, 0.1) is 18.1 Å². The average molecular weight is 341 g/mol. The number of carbonyl (C=O) groups excluding carboxylic acids is 1. The van der Waals surface area contributed by atoms with Gasteiger partial charge in [-0.15, -0.1) is 0 Å². The average Bonchev–Trinajstić information content (AvgIpc) is 2.90. The molecule has 0 radical (unpaired) electrons. The zero-order chi connectivity index (χ0) is 17.3. The van der Waals surface area contributed by atoms with Crippen LogP contribution in [0.25, 0.3) is 11.0 Å². The van der Waals surface area contributed by atoms with E-state index < -0.39 is 5.91 Å². The Morgan fingerprint density at radius 2 is 2.12 bits per heavy atom. The van der Waals surface area contributed by atoms with Crippen LogP contribution in [0.2, 0.25) is 0 Å². The highest BCUT2D eigenvalue weighted by Gasteiger charge is 2.14. The summed E-state index contributed by atoms with van der Waals surface area (Å²) in [5.74, 6) is 0.716. The number of nitrogens with one attached hydrogen (secondary N) is 1. The molecule has 0 aliphatic rings. The van der Waals surface area contributed by atoms with Crippen molar-refractivity contribution in [3.63, 3.8) is 0 Å². The number of aryl methyl sites for hydroxylation is 1. The standard InChI is InChI=1S/C16H15N5O2S/c1-21-13-4-3-10(23-2)8-11(13)19-16(21)20-15(22)12-7-9(14(17)24)5-6-18-12/h3-8H,1-2H3,(H2,17,24)(H,19,20,22). The number of hydrogen-bond donors (Lipinski definition) is 2. The first-order chi connectivity index (χ1) is 11.5. The number of thiocarbonyl (C=S) groups is 1. The van der Waals surface area contributed by atoms with Crippen LogP contribution in [0.4, 0.5) is 5.95 Å². The fraction of sp³-hybridized carbons (Fsp3) is 0.125. The van der Waals surface area contributed by atoms with Gasteiger partial charge < -0.3 is 15.0 Å². The Labute approximate surface area is 143 Å². The minimum atomic E-state index is -0.390. The van der Waals surface area contributed by atoms with Crippen LogP contribution in [0.15, 0.2) is 36.5 Å². The lowest BCUT2D eigenvalue weighted by Gasteiger charge is -2.06. The van der Waals surface area contributed by atoms with Gasteiger partial charge >= 0.3 is 0 Å². The van der Waals surface area contributed by atoms with Crippen LogP contribution in [-0.2, 0) is 7.05 Å². The molecule has 0 spiro atoms. The molecule has 0 fully saturated rings. The molecule has 0 aliphatic heterocycles. The summed E-state index contributed by atoms with van der Waals surface area (Å²) in [6.45, 7) is 0. The van der Waals surface area contributed by atoms with E-state index in [2.05, 4.69) is 15.3 Å². The van der Waals surface area contributed by atoms with Crippen molar-refractivity contribution in [2.75, 3.05) is 12.4 Å². The maximum atomic E-state index is 12.4. The smallest absolute Gasteiger partial charge is 0.276 e. The molecule has 0 atom stereocenters. The Morgan fingerprint density at radius 1 is 1.33 bits per heavy atom. The van der Waals surface area contributed by atoms with Crippen LogP contribution < -0.4 is 15.8 Å². The van der Waals surface area contributed by atoms with Crippen molar-refractivity contribution in [3.05, 3.63) is 47.8 Å². The third-order valence-electron chi connectivity index (χ3n) is 3.59. The number of methoxy groups -OCH3 is 1. The van der Waals surface area contributed by atoms with E-state index in [-0.39, 0.29) is 10.7 Å². The van der Waals surface area contributed by atoms with Gasteiger partial charge in [-0.1, -0.05) is 12.2 Å². The normalized spacial score (nSPS) is 10.6. The highest BCUT2D eigenvalue weighted by Crippen LogP contribution is 2.23. The van der Waals surface area contributed by atoms with Gasteiger partial charge in [0.15, 0.2) is 0 Å². The van der Waals surface area contributed by atoms with Gasteiger partial charge in [-0.25, -0.2) is 4.98 Å². The van der Waals surface area contributed by atoms with Crippen molar-refractivity contribution < 1.29 is 9.53 Å². The summed E-state index contributed by atoms with van der Waals surface area (Å²) < 4.78 is 6.97. The van der Waals surface area contributed by atoms with E-state index in [0.717, 1.165) is 11.0 Å². The number of aromatic nitrogens is 3. The molecule has 0 unspecified atom stereocenters. The number of fused-ring (bicyclic) bond motifs is 1. The van der Waals surface area contributed by atoms with Crippen LogP contribution in [0, 0.1) is 0 Å². The predicted molar refractivity (Wildman–Crippen MR) is 95.3 cm³/mol. The molecule has 1 amide bonds. The van der Waals surface area contributed by atoms with Crippen molar-refractivity contribution in [1.29, 1.82) is 0 Å². The molecule has 24 heavy (non-hydrogen) atoms. The van der Waals surface area contributed by atoms with Crippen LogP contribution in [0.3, 0.4) is 0 Å². The molecule has 0 saturated carbocycles. The van der Waals surface area contributed by atoms with E-state index >= 15 is 0 Å². The first-order valence-electron chi connectivity index (χ1n) is 7.07. The minimum Gasteiger partial charge on any atom is -0.497 e. The second-order valence-electron chi connectivity index (χ2n) is 5.10. The van der Waals surface area contributed by atoms with Crippen molar-refractivity contribution >= 4 is 40.1 Å². The summed E-state index contributed by atoms with van der Waals surface area (Å²) >= 11 is 4.92. The highest BCUT2D eigenvalue weighted by molar-refractivity contribution is 7.80. The Morgan fingerprint density at radius 3 is 2.83 bits per heavy atom. The molecule has 0 bridgehead atoms. The molecule has 3 N–H and O–H groups in total. The van der Waals surface area contributed by atoms with Crippen LogP contribution in [-0.4, -0.2) is 32.5 Å². The molecule has 3 rings (SSSR count). The van der Waals surface area contributed by atoms with Crippen molar-refractivity contribution in [2.24, 2.45) is 12.8 Å². The van der Waals surface area contributed by atoms with Gasteiger partial charge in [-0.05, 0) is 24.3 Å². The second kappa shape index (κ2) is 6.25. The highest BCUT2D eigenvalue weighted by atomic mass is 32.1. The van der Waals surface area contributed by atoms with E-state index in [1.807, 2.05) is 19.2 Å². The summed E-state index contributed by atoms with van der Waals surface area (Å²) in [6, 6.07) is 8.71. The number of anilines is 1. The van der Waals surface area contributed by atoms with E-state index in [0.29, 0.717) is 17.3 Å². The largest absolute Gasteiger partial charge is 0.497 e. The van der Waals surface area contributed by atoms with E-state index in [9.17, 15) is 4.79 Å². The summed E-state index contributed by atoms with van der Waals surface area (Å²) in [6.07, 6.45) is 1.49. The molecule has 7 nitrogen and oxygen atoms in total. The van der Waals surface area contributed by atoms with Crippen molar-refractivity contribution in [2.45, 2.75) is 0 Å². The maximum Gasteiger partial charge on any atom is 0.276 e. The van der Waals surface area contributed by atoms with Crippen molar-refractivity contribution in [3.8, 4) is 5.75 Å². The van der Waals surface area contributed by atoms with Crippen LogP contribution >= 0.6 is 12.2 Å². The topological polar surface area (TPSA) is 95.1 Å². The van der Waals surface area contributed by atoms with Gasteiger partial charge in [0.1, 0.15) is 16.4 Å². The molecule has 0 aliphatic carbocycles. The number of pyridine rings is 1. The lowest BCUT2D eigenvalue weighted by Crippen LogP contribution is -2.18. The number of amides is 1. The molecule has 2 aromatic heterocycles. The Kier molecular flexibility index (Phi) is 4.13. The number of hydrogen-bond acceptors (Lipinski definition) is 5. The van der Waals surface area contributed by atoms with Crippen LogP contribution in [0.5, 0.6) is 5.75 Å². The molecule has 0 saturated heterocycles. The molecule has 3 aromatic rings. The Balaban J connectivity index is 1.91. The summed E-state index contributed by atoms with van der Waals surface area (Å²) in [5.41, 5.74) is 7.97. The fourth-order valence-corrected chi connectivity index (χ4v) is 2.42. The fourth-order valence-electron chi connectivity index (χ4n) is 2.29. The zero-order valence-corrected chi connectivity index (χ0v) is 13.9. The number of ether oxygens (including phenoxy) is 1. The Hall–Kier alpha value is -3.00. The van der Waals surface area contributed by atoms with E-state index in [4.69, 9.17) is 22.7 Å². The van der Waals surface area contributed by atoms with Gasteiger partial charge in [-0.3, -0.25) is 15.1 Å². The first-order valence-corrected chi connectivity index (χ1v) is 7.48. The number of imidazole rings is 1. The van der Waals surface area contributed by atoms with Gasteiger partial charge in [-0.2, -0.15) is 0 Å². The van der Waals surface area contributed by atoms with Gasteiger partial charge in [0, 0.05) is 24.9 Å². The number of nitrogens with zero attached hydrogens (tertiary/aromatic N) is 3. The van der Waals surface area contributed by atoms with Gasteiger partial charge in [0.25, 0.3) is 5.91 Å².